The SMILES string of the molecule is O=c1c2c(ncn2Cc2cccc(F)c2)n(-c2cccc(F)c2)c(=O)n1C1CCCC1. The Balaban J connectivity index is 1.79. The first-order chi connectivity index (χ1) is 15.0. The fraction of sp³-hybridized carbons (Fsp3) is 0.261. The van der Waals surface area contributed by atoms with Crippen molar-refractivity contribution in [3.8, 4) is 5.69 Å². The van der Waals surface area contributed by atoms with Gasteiger partial charge in [-0.3, -0.25) is 9.36 Å². The molecule has 5 rings (SSSR count). The molecule has 1 saturated carbocycles. The summed E-state index contributed by atoms with van der Waals surface area (Å²) in [5, 5.41) is 0. The van der Waals surface area contributed by atoms with E-state index < -0.39 is 17.1 Å². The third-order valence-electron chi connectivity index (χ3n) is 5.85. The number of imidazole rings is 1. The molecule has 158 valence electrons. The highest BCUT2D eigenvalue weighted by molar-refractivity contribution is 5.72. The first kappa shape index (κ1) is 19.4. The number of aromatic nitrogens is 4. The van der Waals surface area contributed by atoms with Gasteiger partial charge < -0.3 is 4.57 Å². The summed E-state index contributed by atoms with van der Waals surface area (Å²) in [7, 11) is 0. The lowest BCUT2D eigenvalue weighted by Gasteiger charge is -2.17. The summed E-state index contributed by atoms with van der Waals surface area (Å²) in [6.45, 7) is 0.218. The Labute approximate surface area is 176 Å². The van der Waals surface area contributed by atoms with Crippen molar-refractivity contribution in [3.05, 3.63) is 92.9 Å². The molecule has 0 radical (unpaired) electrons. The molecule has 1 aliphatic carbocycles. The summed E-state index contributed by atoms with van der Waals surface area (Å²) in [4.78, 5) is 31.2. The molecule has 0 saturated heterocycles. The number of hydrogen-bond acceptors (Lipinski definition) is 3. The third kappa shape index (κ3) is 3.37. The second kappa shape index (κ2) is 7.61. The van der Waals surface area contributed by atoms with Crippen LogP contribution in [-0.2, 0) is 6.54 Å². The van der Waals surface area contributed by atoms with E-state index in [1.165, 1.54) is 45.8 Å². The molecule has 0 spiro atoms. The molecule has 8 heteroatoms. The van der Waals surface area contributed by atoms with Gasteiger partial charge in [-0.05, 0) is 48.7 Å². The first-order valence-corrected chi connectivity index (χ1v) is 10.3. The highest BCUT2D eigenvalue weighted by Gasteiger charge is 2.26. The van der Waals surface area contributed by atoms with E-state index in [1.54, 1.807) is 22.8 Å². The minimum atomic E-state index is -0.522. The van der Waals surface area contributed by atoms with Crippen molar-refractivity contribution >= 4 is 11.2 Å². The van der Waals surface area contributed by atoms with Crippen molar-refractivity contribution in [2.45, 2.75) is 38.3 Å². The normalized spacial score (nSPS) is 14.5. The molecule has 1 aliphatic rings. The molecule has 0 N–H and O–H groups in total. The van der Waals surface area contributed by atoms with Gasteiger partial charge in [0.1, 0.15) is 11.6 Å². The third-order valence-corrected chi connectivity index (χ3v) is 5.85. The summed E-state index contributed by atoms with van der Waals surface area (Å²) in [5.41, 5.74) is 0.415. The molecule has 0 unspecified atom stereocenters. The summed E-state index contributed by atoms with van der Waals surface area (Å²) in [5.74, 6) is -0.864. The number of hydrogen-bond donors (Lipinski definition) is 0. The zero-order valence-corrected chi connectivity index (χ0v) is 16.7. The van der Waals surface area contributed by atoms with Crippen molar-refractivity contribution in [2.24, 2.45) is 0 Å². The standard InChI is InChI=1S/C23H20F2N4O2/c24-16-6-3-5-15(11-16)13-27-14-26-21-20(27)22(30)29(18-8-1-2-9-18)23(31)28(21)19-10-4-7-17(25)12-19/h3-7,10-12,14,18H,1-2,8-9,13H2. The van der Waals surface area contributed by atoms with Crippen LogP contribution in [0.5, 0.6) is 0 Å². The Morgan fingerprint density at radius 1 is 0.968 bits per heavy atom. The number of nitrogens with zero attached hydrogens (tertiary/aromatic N) is 4. The fourth-order valence-corrected chi connectivity index (χ4v) is 4.44. The van der Waals surface area contributed by atoms with Crippen LogP contribution in [0, 0.1) is 11.6 Å². The second-order valence-corrected chi connectivity index (χ2v) is 7.89. The molecule has 0 bridgehead atoms. The molecule has 0 aliphatic heterocycles. The van der Waals surface area contributed by atoms with Gasteiger partial charge in [-0.1, -0.05) is 31.0 Å². The Kier molecular flexibility index (Phi) is 4.77. The predicted octanol–water partition coefficient (Wildman–Crippen LogP) is 3.79. The molecule has 0 atom stereocenters. The maximum atomic E-state index is 14.0. The smallest absolute Gasteiger partial charge is 0.320 e. The highest BCUT2D eigenvalue weighted by atomic mass is 19.1. The Morgan fingerprint density at radius 2 is 1.68 bits per heavy atom. The average Bonchev–Trinajstić information content (AvgIpc) is 3.39. The van der Waals surface area contributed by atoms with Gasteiger partial charge in [0.15, 0.2) is 11.2 Å². The lowest BCUT2D eigenvalue weighted by Crippen LogP contribution is -2.41. The molecule has 2 aromatic heterocycles. The van der Waals surface area contributed by atoms with Crippen molar-refractivity contribution in [3.63, 3.8) is 0 Å². The Hall–Kier alpha value is -3.55. The molecule has 31 heavy (non-hydrogen) atoms. The average molecular weight is 422 g/mol. The van der Waals surface area contributed by atoms with Gasteiger partial charge in [0.25, 0.3) is 5.56 Å². The highest BCUT2D eigenvalue weighted by Crippen LogP contribution is 2.28. The van der Waals surface area contributed by atoms with E-state index in [-0.39, 0.29) is 29.6 Å². The van der Waals surface area contributed by atoms with E-state index in [9.17, 15) is 18.4 Å². The number of halogens is 2. The van der Waals surface area contributed by atoms with Gasteiger partial charge in [0.05, 0.1) is 12.0 Å². The van der Waals surface area contributed by atoms with Crippen LogP contribution in [0.2, 0.25) is 0 Å². The van der Waals surface area contributed by atoms with Crippen LogP contribution in [0.4, 0.5) is 8.78 Å². The zero-order chi connectivity index (χ0) is 21.5. The van der Waals surface area contributed by atoms with E-state index in [0.29, 0.717) is 11.3 Å². The summed E-state index contributed by atoms with van der Waals surface area (Å²) in [6.07, 6.45) is 4.82. The van der Waals surface area contributed by atoms with Crippen LogP contribution in [0.1, 0.15) is 37.3 Å². The van der Waals surface area contributed by atoms with Crippen LogP contribution < -0.4 is 11.2 Å². The van der Waals surface area contributed by atoms with E-state index in [0.717, 1.165) is 25.7 Å². The lowest BCUT2D eigenvalue weighted by molar-refractivity contribution is 0.474. The largest absolute Gasteiger partial charge is 0.337 e. The Morgan fingerprint density at radius 3 is 2.39 bits per heavy atom. The second-order valence-electron chi connectivity index (χ2n) is 7.89. The molecule has 1 fully saturated rings. The van der Waals surface area contributed by atoms with Gasteiger partial charge in [-0.2, -0.15) is 0 Å². The van der Waals surface area contributed by atoms with E-state index >= 15 is 0 Å². The van der Waals surface area contributed by atoms with Crippen molar-refractivity contribution in [1.29, 1.82) is 0 Å². The van der Waals surface area contributed by atoms with Crippen LogP contribution in [0.15, 0.2) is 64.4 Å². The Bertz CT molecular complexity index is 1400. The molecular formula is C23H20F2N4O2. The molecule has 6 nitrogen and oxygen atoms in total. The monoisotopic (exact) mass is 422 g/mol. The molecule has 2 heterocycles. The summed E-state index contributed by atoms with van der Waals surface area (Å²) in [6, 6.07) is 11.6. The number of fused-ring (bicyclic) bond motifs is 1. The molecule has 4 aromatic rings. The van der Waals surface area contributed by atoms with Crippen molar-refractivity contribution in [1.82, 2.24) is 18.7 Å². The van der Waals surface area contributed by atoms with E-state index in [2.05, 4.69) is 4.98 Å². The van der Waals surface area contributed by atoms with Gasteiger partial charge in [0.2, 0.25) is 0 Å². The van der Waals surface area contributed by atoms with Crippen LogP contribution in [0.25, 0.3) is 16.9 Å². The summed E-state index contributed by atoms with van der Waals surface area (Å²) < 4.78 is 31.8. The first-order valence-electron chi connectivity index (χ1n) is 10.3. The predicted molar refractivity (Wildman–Crippen MR) is 113 cm³/mol. The molecular weight excluding hydrogens is 402 g/mol. The molecule has 0 amide bonds. The fourth-order valence-electron chi connectivity index (χ4n) is 4.44. The summed E-state index contributed by atoms with van der Waals surface area (Å²) >= 11 is 0. The van der Waals surface area contributed by atoms with Crippen LogP contribution >= 0.6 is 0 Å². The molecule has 2 aromatic carbocycles. The van der Waals surface area contributed by atoms with Gasteiger partial charge in [-0.25, -0.2) is 23.1 Å². The van der Waals surface area contributed by atoms with E-state index in [4.69, 9.17) is 0 Å². The van der Waals surface area contributed by atoms with E-state index in [1.807, 2.05) is 0 Å². The topological polar surface area (TPSA) is 61.8 Å². The maximum Gasteiger partial charge on any atom is 0.337 e. The maximum absolute atomic E-state index is 14.0. The van der Waals surface area contributed by atoms with Crippen LogP contribution in [-0.4, -0.2) is 18.7 Å². The minimum Gasteiger partial charge on any atom is -0.320 e. The van der Waals surface area contributed by atoms with Crippen molar-refractivity contribution in [2.75, 3.05) is 0 Å². The number of rotatable bonds is 4. The minimum absolute atomic E-state index is 0.159. The van der Waals surface area contributed by atoms with Gasteiger partial charge >= 0.3 is 5.69 Å². The van der Waals surface area contributed by atoms with Gasteiger partial charge in [-0.15, -0.1) is 0 Å². The van der Waals surface area contributed by atoms with Crippen LogP contribution in [0.3, 0.4) is 0 Å². The zero-order valence-electron chi connectivity index (χ0n) is 16.7. The number of benzene rings is 2. The lowest BCUT2D eigenvalue weighted by atomic mass is 10.2. The van der Waals surface area contributed by atoms with Gasteiger partial charge in [0, 0.05) is 12.6 Å². The quantitative estimate of drug-likeness (QED) is 0.503. The van der Waals surface area contributed by atoms with Crippen molar-refractivity contribution < 1.29 is 8.78 Å².